The number of anilines is 1. The van der Waals surface area contributed by atoms with Crippen molar-refractivity contribution in [2.24, 2.45) is 0 Å². The average molecular weight is 488 g/mol. The normalized spacial score (nSPS) is 18.5. The minimum atomic E-state index is -0.511. The summed E-state index contributed by atoms with van der Waals surface area (Å²) in [5.74, 6) is 0.0365. The molecule has 2 aliphatic heterocycles. The standard InChI is InChI=1S/C24H29N3O6S/c1-31-17-7-5-16(6-8-17)18-15-34-22(21(18)24(30)32-2)25-20(28)14-26-9-11-27(12-10-26)23(29)19-4-3-13-33-19/h5-8,15,19H,3-4,9-14H2,1-2H3,(H,25,28). The van der Waals surface area contributed by atoms with Crippen molar-refractivity contribution < 1.29 is 28.6 Å². The van der Waals surface area contributed by atoms with Crippen molar-refractivity contribution in [2.75, 3.05) is 58.9 Å². The monoisotopic (exact) mass is 487 g/mol. The lowest BCUT2D eigenvalue weighted by Crippen LogP contribution is -2.52. The molecule has 2 aliphatic rings. The van der Waals surface area contributed by atoms with Crippen LogP contribution in [0.4, 0.5) is 5.00 Å². The van der Waals surface area contributed by atoms with E-state index in [1.807, 2.05) is 39.4 Å². The molecule has 1 N–H and O–H groups in total. The number of nitrogens with zero attached hydrogens (tertiary/aromatic N) is 2. The Kier molecular flexibility index (Phi) is 7.81. The van der Waals surface area contributed by atoms with E-state index in [0.717, 1.165) is 18.4 Å². The summed E-state index contributed by atoms with van der Waals surface area (Å²) in [6.45, 7) is 3.18. The first-order chi connectivity index (χ1) is 16.5. The van der Waals surface area contributed by atoms with Crippen molar-refractivity contribution in [3.8, 4) is 16.9 Å². The van der Waals surface area contributed by atoms with Gasteiger partial charge in [-0.15, -0.1) is 11.3 Å². The number of ether oxygens (including phenoxy) is 3. The SMILES string of the molecule is COC(=O)c1c(-c2ccc(OC)cc2)csc1NC(=O)CN1CCN(C(=O)C2CCCO2)CC1. The van der Waals surface area contributed by atoms with Crippen LogP contribution in [0.1, 0.15) is 23.2 Å². The van der Waals surface area contributed by atoms with E-state index in [2.05, 4.69) is 5.32 Å². The summed E-state index contributed by atoms with van der Waals surface area (Å²) in [5, 5.41) is 5.16. The molecule has 2 saturated heterocycles. The number of carbonyl (C=O) groups is 3. The van der Waals surface area contributed by atoms with Crippen molar-refractivity contribution in [3.63, 3.8) is 0 Å². The average Bonchev–Trinajstić information content (AvgIpc) is 3.54. The topological polar surface area (TPSA) is 97.4 Å². The highest BCUT2D eigenvalue weighted by Gasteiger charge is 2.31. The Morgan fingerprint density at radius 1 is 1.12 bits per heavy atom. The van der Waals surface area contributed by atoms with E-state index in [0.29, 0.717) is 54.7 Å². The molecule has 1 aromatic carbocycles. The van der Waals surface area contributed by atoms with E-state index in [1.54, 1.807) is 7.11 Å². The fraction of sp³-hybridized carbons (Fsp3) is 0.458. The highest BCUT2D eigenvalue weighted by Crippen LogP contribution is 2.36. The molecule has 2 fully saturated rings. The van der Waals surface area contributed by atoms with E-state index >= 15 is 0 Å². The number of piperazine rings is 1. The van der Waals surface area contributed by atoms with Crippen LogP contribution in [0.25, 0.3) is 11.1 Å². The summed E-state index contributed by atoms with van der Waals surface area (Å²) in [6.07, 6.45) is 1.39. The zero-order valence-electron chi connectivity index (χ0n) is 19.4. The lowest BCUT2D eigenvalue weighted by atomic mass is 10.0. The molecule has 2 aromatic rings. The number of esters is 1. The molecule has 1 unspecified atom stereocenters. The summed E-state index contributed by atoms with van der Waals surface area (Å²) in [5.41, 5.74) is 1.85. The second-order valence-corrected chi connectivity index (χ2v) is 9.10. The predicted molar refractivity (Wildman–Crippen MR) is 128 cm³/mol. The van der Waals surface area contributed by atoms with Crippen molar-refractivity contribution in [1.29, 1.82) is 0 Å². The van der Waals surface area contributed by atoms with Crippen molar-refractivity contribution in [3.05, 3.63) is 35.2 Å². The van der Waals surface area contributed by atoms with Crippen LogP contribution in [0.2, 0.25) is 0 Å². The van der Waals surface area contributed by atoms with Gasteiger partial charge in [0, 0.05) is 43.7 Å². The maximum Gasteiger partial charge on any atom is 0.341 e. The Morgan fingerprint density at radius 2 is 1.85 bits per heavy atom. The molecule has 9 nitrogen and oxygen atoms in total. The van der Waals surface area contributed by atoms with Crippen LogP contribution in [0, 0.1) is 0 Å². The summed E-state index contributed by atoms with van der Waals surface area (Å²) < 4.78 is 15.7. The van der Waals surface area contributed by atoms with Crippen LogP contribution in [0.3, 0.4) is 0 Å². The third-order valence-electron chi connectivity index (χ3n) is 6.09. The van der Waals surface area contributed by atoms with Gasteiger partial charge in [0.15, 0.2) is 0 Å². The molecule has 1 atom stereocenters. The van der Waals surface area contributed by atoms with Gasteiger partial charge >= 0.3 is 5.97 Å². The van der Waals surface area contributed by atoms with Gasteiger partial charge in [0.1, 0.15) is 22.4 Å². The molecule has 0 radical (unpaired) electrons. The van der Waals surface area contributed by atoms with Crippen LogP contribution in [0.5, 0.6) is 5.75 Å². The molecular formula is C24H29N3O6S. The van der Waals surface area contributed by atoms with Gasteiger partial charge < -0.3 is 24.4 Å². The fourth-order valence-corrected chi connectivity index (χ4v) is 5.18. The van der Waals surface area contributed by atoms with Crippen LogP contribution >= 0.6 is 11.3 Å². The van der Waals surface area contributed by atoms with Crippen LogP contribution in [-0.4, -0.2) is 87.2 Å². The Balaban J connectivity index is 1.37. The lowest BCUT2D eigenvalue weighted by Gasteiger charge is -2.35. The van der Waals surface area contributed by atoms with Crippen LogP contribution < -0.4 is 10.1 Å². The number of carbonyl (C=O) groups excluding carboxylic acids is 3. The minimum absolute atomic E-state index is 0.0500. The van der Waals surface area contributed by atoms with Crippen molar-refractivity contribution >= 4 is 34.1 Å². The minimum Gasteiger partial charge on any atom is -0.497 e. The Labute approximate surface area is 202 Å². The highest BCUT2D eigenvalue weighted by molar-refractivity contribution is 7.15. The first kappa shape index (κ1) is 24.2. The molecule has 2 amide bonds. The van der Waals surface area contributed by atoms with E-state index in [4.69, 9.17) is 14.2 Å². The number of nitrogens with one attached hydrogen (secondary N) is 1. The first-order valence-electron chi connectivity index (χ1n) is 11.3. The van der Waals surface area contributed by atoms with Gasteiger partial charge in [-0.1, -0.05) is 12.1 Å². The molecule has 0 aliphatic carbocycles. The highest BCUT2D eigenvalue weighted by atomic mass is 32.1. The Bertz CT molecular complexity index is 1020. The zero-order chi connectivity index (χ0) is 24.1. The molecule has 3 heterocycles. The van der Waals surface area contributed by atoms with E-state index in [1.165, 1.54) is 18.4 Å². The second kappa shape index (κ2) is 11.0. The van der Waals surface area contributed by atoms with Gasteiger partial charge in [-0.3, -0.25) is 14.5 Å². The van der Waals surface area contributed by atoms with Crippen LogP contribution in [0.15, 0.2) is 29.6 Å². The summed E-state index contributed by atoms with van der Waals surface area (Å²) in [4.78, 5) is 41.7. The van der Waals surface area contributed by atoms with E-state index < -0.39 is 5.97 Å². The molecule has 34 heavy (non-hydrogen) atoms. The smallest absolute Gasteiger partial charge is 0.341 e. The van der Waals surface area contributed by atoms with Gasteiger partial charge in [0.05, 0.1) is 20.8 Å². The van der Waals surface area contributed by atoms with Gasteiger partial charge in [-0.25, -0.2) is 4.79 Å². The van der Waals surface area contributed by atoms with Crippen molar-refractivity contribution in [2.45, 2.75) is 18.9 Å². The van der Waals surface area contributed by atoms with Gasteiger partial charge in [0.2, 0.25) is 5.91 Å². The van der Waals surface area contributed by atoms with E-state index in [9.17, 15) is 14.4 Å². The van der Waals surface area contributed by atoms with Gasteiger partial charge in [-0.2, -0.15) is 0 Å². The molecule has 0 bridgehead atoms. The fourth-order valence-electron chi connectivity index (χ4n) is 4.21. The number of hydrogen-bond acceptors (Lipinski definition) is 8. The number of thiophene rings is 1. The van der Waals surface area contributed by atoms with Gasteiger partial charge in [-0.05, 0) is 30.5 Å². The molecule has 10 heteroatoms. The molecule has 0 spiro atoms. The quantitative estimate of drug-likeness (QED) is 0.599. The zero-order valence-corrected chi connectivity index (χ0v) is 20.2. The number of amides is 2. The predicted octanol–water partition coefficient (Wildman–Crippen LogP) is 2.47. The number of methoxy groups -OCH3 is 2. The Morgan fingerprint density at radius 3 is 2.47 bits per heavy atom. The Hall–Kier alpha value is -2.95. The molecule has 4 rings (SSSR count). The lowest BCUT2D eigenvalue weighted by molar-refractivity contribution is -0.142. The van der Waals surface area contributed by atoms with E-state index in [-0.39, 0.29) is 24.5 Å². The molecule has 182 valence electrons. The number of rotatable bonds is 7. The largest absolute Gasteiger partial charge is 0.497 e. The summed E-state index contributed by atoms with van der Waals surface area (Å²) >= 11 is 1.28. The second-order valence-electron chi connectivity index (χ2n) is 8.22. The maximum absolute atomic E-state index is 12.8. The summed E-state index contributed by atoms with van der Waals surface area (Å²) in [7, 11) is 2.91. The van der Waals surface area contributed by atoms with Crippen LogP contribution in [-0.2, 0) is 19.1 Å². The van der Waals surface area contributed by atoms with Crippen molar-refractivity contribution in [1.82, 2.24) is 9.80 Å². The first-order valence-corrected chi connectivity index (χ1v) is 12.1. The molecular weight excluding hydrogens is 458 g/mol. The van der Waals surface area contributed by atoms with Gasteiger partial charge in [0.25, 0.3) is 5.91 Å². The molecule has 1 aromatic heterocycles. The third-order valence-corrected chi connectivity index (χ3v) is 6.99. The molecule has 0 saturated carbocycles. The summed E-state index contributed by atoms with van der Waals surface area (Å²) in [6, 6.07) is 7.34. The number of benzene rings is 1. The maximum atomic E-state index is 12.8. The third kappa shape index (κ3) is 5.40. The number of hydrogen-bond donors (Lipinski definition) is 1.